The van der Waals surface area contributed by atoms with Crippen LogP contribution in [0.5, 0.6) is 0 Å². The Labute approximate surface area is 223 Å². The topological polar surface area (TPSA) is 295 Å². The number of carbonyl (C=O) groups is 6. The molecule has 0 spiro atoms. The minimum absolute atomic E-state index is 0.0509. The van der Waals surface area contributed by atoms with Gasteiger partial charge in [0.2, 0.25) is 23.6 Å². The fourth-order valence-electron chi connectivity index (χ4n) is 3.34. The van der Waals surface area contributed by atoms with E-state index < -0.39 is 72.6 Å². The second-order valence-electron chi connectivity index (χ2n) is 8.54. The Hall–Kier alpha value is -4.73. The van der Waals surface area contributed by atoms with E-state index in [0.717, 1.165) is 5.56 Å². The summed E-state index contributed by atoms with van der Waals surface area (Å²) < 4.78 is 0. The summed E-state index contributed by atoms with van der Waals surface area (Å²) in [5, 5.41) is 24.9. The molecule has 4 unspecified atom stereocenters. The Morgan fingerprint density at radius 1 is 0.795 bits per heavy atom. The van der Waals surface area contributed by atoms with Gasteiger partial charge in [0.15, 0.2) is 5.96 Å². The van der Waals surface area contributed by atoms with Crippen LogP contribution in [0.3, 0.4) is 0 Å². The van der Waals surface area contributed by atoms with Crippen LogP contribution in [0.2, 0.25) is 0 Å². The van der Waals surface area contributed by atoms with E-state index in [-0.39, 0.29) is 31.8 Å². The first-order valence-corrected chi connectivity index (χ1v) is 11.8. The van der Waals surface area contributed by atoms with Crippen molar-refractivity contribution < 1.29 is 39.0 Å². The Bertz CT molecular complexity index is 1060. The molecule has 0 aliphatic rings. The SMILES string of the molecule is NC(=O)CC(NC(=O)C(N)Cc1ccccc1)C(=O)NC(CCCN=C(N)N)C(=O)NC(CC(=O)O)C(=O)O. The van der Waals surface area contributed by atoms with E-state index in [9.17, 15) is 33.9 Å². The molecule has 0 saturated heterocycles. The molecule has 0 radical (unpaired) electrons. The lowest BCUT2D eigenvalue weighted by Gasteiger charge is -2.24. The van der Waals surface area contributed by atoms with Crippen LogP contribution in [0.1, 0.15) is 31.2 Å². The summed E-state index contributed by atoms with van der Waals surface area (Å²) in [4.78, 5) is 76.2. The number of nitrogens with one attached hydrogen (secondary N) is 3. The van der Waals surface area contributed by atoms with Gasteiger partial charge in [-0.05, 0) is 24.8 Å². The number of guanidine groups is 1. The number of aliphatic imine (C=N–C) groups is 1. The fraction of sp³-hybridized carbons (Fsp3) is 0.435. The number of carboxylic acid groups (broad SMARTS) is 2. The van der Waals surface area contributed by atoms with Gasteiger partial charge in [0.05, 0.1) is 18.9 Å². The molecule has 13 N–H and O–H groups in total. The lowest BCUT2D eigenvalue weighted by atomic mass is 10.0. The van der Waals surface area contributed by atoms with Gasteiger partial charge < -0.3 is 49.1 Å². The molecule has 0 heterocycles. The van der Waals surface area contributed by atoms with Gasteiger partial charge in [0.1, 0.15) is 18.1 Å². The van der Waals surface area contributed by atoms with Crippen LogP contribution >= 0.6 is 0 Å². The molecule has 39 heavy (non-hydrogen) atoms. The maximum atomic E-state index is 13.0. The number of hydrogen-bond acceptors (Lipinski definition) is 8. The van der Waals surface area contributed by atoms with Crippen molar-refractivity contribution in [1.82, 2.24) is 16.0 Å². The molecule has 0 aliphatic carbocycles. The predicted molar refractivity (Wildman–Crippen MR) is 138 cm³/mol. The lowest BCUT2D eigenvalue weighted by molar-refractivity contribution is -0.147. The van der Waals surface area contributed by atoms with Crippen molar-refractivity contribution >= 4 is 41.5 Å². The molecular formula is C23H34N8O8. The van der Waals surface area contributed by atoms with Crippen LogP contribution in [0.15, 0.2) is 35.3 Å². The minimum Gasteiger partial charge on any atom is -0.481 e. The van der Waals surface area contributed by atoms with Crippen LogP contribution in [0, 0.1) is 0 Å². The number of amides is 4. The summed E-state index contributed by atoms with van der Waals surface area (Å²) in [6.07, 6.45) is -1.39. The Kier molecular flexibility index (Phi) is 13.4. The van der Waals surface area contributed by atoms with Crippen molar-refractivity contribution in [1.29, 1.82) is 0 Å². The van der Waals surface area contributed by atoms with E-state index in [4.69, 9.17) is 28.0 Å². The molecule has 1 aromatic rings. The average Bonchev–Trinajstić information content (AvgIpc) is 2.84. The molecule has 1 rings (SSSR count). The zero-order chi connectivity index (χ0) is 29.5. The smallest absolute Gasteiger partial charge is 0.326 e. The van der Waals surface area contributed by atoms with Crippen molar-refractivity contribution in [3.05, 3.63) is 35.9 Å². The van der Waals surface area contributed by atoms with Gasteiger partial charge in [-0.25, -0.2) is 4.79 Å². The molecule has 0 aliphatic heterocycles. The third-order valence-electron chi connectivity index (χ3n) is 5.25. The lowest BCUT2D eigenvalue weighted by Crippen LogP contribution is -2.58. The van der Waals surface area contributed by atoms with Gasteiger partial charge in [-0.2, -0.15) is 0 Å². The monoisotopic (exact) mass is 550 g/mol. The van der Waals surface area contributed by atoms with Crippen LogP contribution < -0.4 is 38.9 Å². The molecule has 16 nitrogen and oxygen atoms in total. The zero-order valence-electron chi connectivity index (χ0n) is 21.0. The van der Waals surface area contributed by atoms with E-state index in [0.29, 0.717) is 0 Å². The van der Waals surface area contributed by atoms with Crippen LogP contribution in [-0.2, 0) is 35.2 Å². The number of carboxylic acids is 2. The number of rotatable bonds is 17. The van der Waals surface area contributed by atoms with Crippen molar-refractivity contribution in [3.8, 4) is 0 Å². The number of nitrogens with two attached hydrogens (primary N) is 4. The third kappa shape index (κ3) is 12.9. The van der Waals surface area contributed by atoms with Crippen LogP contribution in [0.4, 0.5) is 0 Å². The summed E-state index contributed by atoms with van der Waals surface area (Å²) in [6.45, 7) is 0.0509. The van der Waals surface area contributed by atoms with Crippen molar-refractivity contribution in [2.45, 2.75) is 56.3 Å². The molecule has 0 saturated carbocycles. The minimum atomic E-state index is -1.79. The van der Waals surface area contributed by atoms with Gasteiger partial charge in [-0.15, -0.1) is 0 Å². The second kappa shape index (κ2) is 16.2. The maximum absolute atomic E-state index is 13.0. The molecule has 0 bridgehead atoms. The number of carbonyl (C=O) groups excluding carboxylic acids is 4. The van der Waals surface area contributed by atoms with Gasteiger partial charge in [0, 0.05) is 6.54 Å². The Morgan fingerprint density at radius 2 is 1.36 bits per heavy atom. The second-order valence-corrected chi connectivity index (χ2v) is 8.54. The summed E-state index contributed by atoms with van der Waals surface area (Å²) in [5.74, 6) is -7.01. The van der Waals surface area contributed by atoms with Crippen LogP contribution in [0.25, 0.3) is 0 Å². The highest BCUT2D eigenvalue weighted by atomic mass is 16.4. The first kappa shape index (κ1) is 32.3. The largest absolute Gasteiger partial charge is 0.481 e. The van der Waals surface area contributed by atoms with Crippen LogP contribution in [-0.4, -0.2) is 82.5 Å². The fourth-order valence-corrected chi connectivity index (χ4v) is 3.34. The first-order chi connectivity index (χ1) is 18.3. The van der Waals surface area contributed by atoms with E-state index >= 15 is 0 Å². The summed E-state index contributed by atoms with van der Waals surface area (Å²) >= 11 is 0. The van der Waals surface area contributed by atoms with E-state index in [1.165, 1.54) is 0 Å². The molecule has 16 heteroatoms. The number of primary amides is 1. The molecular weight excluding hydrogens is 516 g/mol. The van der Waals surface area contributed by atoms with Gasteiger partial charge in [-0.3, -0.25) is 29.0 Å². The molecule has 4 amide bonds. The first-order valence-electron chi connectivity index (χ1n) is 11.8. The van der Waals surface area contributed by atoms with Crippen molar-refractivity contribution in [3.63, 3.8) is 0 Å². The number of hydrogen-bond donors (Lipinski definition) is 9. The Balaban J connectivity index is 3.04. The highest BCUT2D eigenvalue weighted by molar-refractivity contribution is 5.96. The number of aliphatic carboxylic acids is 2. The third-order valence-corrected chi connectivity index (χ3v) is 5.25. The summed E-state index contributed by atoms with van der Waals surface area (Å²) in [6, 6.07) is 3.01. The molecule has 4 atom stereocenters. The molecule has 0 fully saturated rings. The summed E-state index contributed by atoms with van der Waals surface area (Å²) in [5.41, 5.74) is 22.5. The molecule has 0 aromatic heterocycles. The van der Waals surface area contributed by atoms with E-state index in [1.807, 2.05) is 0 Å². The Morgan fingerprint density at radius 3 is 1.90 bits per heavy atom. The molecule has 214 valence electrons. The van der Waals surface area contributed by atoms with Gasteiger partial charge in [0.25, 0.3) is 0 Å². The predicted octanol–water partition coefficient (Wildman–Crippen LogP) is -3.50. The summed E-state index contributed by atoms with van der Waals surface area (Å²) in [7, 11) is 0. The quantitative estimate of drug-likeness (QED) is 0.0520. The van der Waals surface area contributed by atoms with Crippen molar-refractivity contribution in [2.75, 3.05) is 6.54 Å². The van der Waals surface area contributed by atoms with Gasteiger partial charge >= 0.3 is 11.9 Å². The zero-order valence-corrected chi connectivity index (χ0v) is 21.0. The molecule has 1 aromatic carbocycles. The van der Waals surface area contributed by atoms with E-state index in [2.05, 4.69) is 20.9 Å². The van der Waals surface area contributed by atoms with E-state index in [1.54, 1.807) is 30.3 Å². The highest BCUT2D eigenvalue weighted by Crippen LogP contribution is 2.05. The standard InChI is InChI=1S/C23H34N8O8/c24-13(9-12-5-2-1-3-6-12)19(35)30-15(10-17(25)32)21(37)29-14(7-4-8-28-23(26)27)20(36)31-16(22(38)39)11-18(33)34/h1-3,5-6,13-16H,4,7-11,24H2,(H2,25,32)(H,29,37)(H,30,35)(H,31,36)(H,33,34)(H,38,39)(H4,26,27,28). The number of nitrogens with zero attached hydrogens (tertiary/aromatic N) is 1. The van der Waals surface area contributed by atoms with Gasteiger partial charge in [-0.1, -0.05) is 30.3 Å². The highest BCUT2D eigenvalue weighted by Gasteiger charge is 2.31. The number of benzene rings is 1. The van der Waals surface area contributed by atoms with Crippen molar-refractivity contribution in [2.24, 2.45) is 27.9 Å². The maximum Gasteiger partial charge on any atom is 0.326 e. The normalized spacial score (nSPS) is 13.6. The average molecular weight is 551 g/mol.